The quantitative estimate of drug-likeness (QED) is 0.644. The summed E-state index contributed by atoms with van der Waals surface area (Å²) in [6, 6.07) is 0. The van der Waals surface area contributed by atoms with Crippen molar-refractivity contribution in [2.24, 2.45) is 0 Å². The minimum atomic E-state index is 0.867. The van der Waals surface area contributed by atoms with Crippen molar-refractivity contribution in [3.05, 3.63) is 5.92 Å². The average molecular weight is 170 g/mol. The summed E-state index contributed by atoms with van der Waals surface area (Å²) in [5, 5.41) is 4.34. The van der Waals surface area contributed by atoms with Crippen LogP contribution in [0.2, 0.25) is 0 Å². The van der Waals surface area contributed by atoms with Crippen molar-refractivity contribution in [1.29, 1.82) is 0 Å². The second-order valence-electron chi connectivity index (χ2n) is 3.43. The van der Waals surface area contributed by atoms with E-state index in [1.165, 1.54) is 44.5 Å². The molecule has 1 atom stereocenters. The second kappa shape index (κ2) is 3.81. The number of hydrogen-bond donors (Lipinski definition) is 1. The van der Waals surface area contributed by atoms with Crippen molar-refractivity contribution in [2.45, 2.75) is 30.9 Å². The fourth-order valence-electron chi connectivity index (χ4n) is 1.98. The van der Waals surface area contributed by atoms with Gasteiger partial charge in [0.05, 0.1) is 0 Å². The first-order valence-electron chi connectivity index (χ1n) is 4.64. The monoisotopic (exact) mass is 170 g/mol. The van der Waals surface area contributed by atoms with E-state index in [4.69, 9.17) is 0 Å². The molecule has 1 aliphatic heterocycles. The molecule has 2 rings (SSSR count). The normalized spacial score (nSPS) is 34.4. The van der Waals surface area contributed by atoms with Gasteiger partial charge in [0.1, 0.15) is 0 Å². The summed E-state index contributed by atoms with van der Waals surface area (Å²) in [5.74, 6) is 3.15. The zero-order valence-electron chi connectivity index (χ0n) is 6.94. The third-order valence-corrected chi connectivity index (χ3v) is 3.97. The molecule has 0 amide bonds. The highest BCUT2D eigenvalue weighted by molar-refractivity contribution is 8.00. The van der Waals surface area contributed by atoms with Crippen molar-refractivity contribution in [3.63, 3.8) is 0 Å². The molecule has 0 aromatic rings. The van der Waals surface area contributed by atoms with Crippen molar-refractivity contribution < 1.29 is 0 Å². The number of hydrogen-bond acceptors (Lipinski definition) is 2. The third-order valence-electron chi connectivity index (χ3n) is 2.63. The molecule has 2 heteroatoms. The Hall–Kier alpha value is 0.310. The highest BCUT2D eigenvalue weighted by Crippen LogP contribution is 2.36. The number of nitrogens with one attached hydrogen (secondary N) is 1. The first-order valence-corrected chi connectivity index (χ1v) is 5.68. The minimum absolute atomic E-state index is 0.867. The molecule has 1 saturated carbocycles. The van der Waals surface area contributed by atoms with Gasteiger partial charge in [0.2, 0.25) is 0 Å². The Bertz CT molecular complexity index is 115. The largest absolute Gasteiger partial charge is 0.315 e. The predicted molar refractivity (Wildman–Crippen MR) is 50.8 cm³/mol. The molecule has 1 nitrogen and oxygen atoms in total. The minimum Gasteiger partial charge on any atom is -0.315 e. The topological polar surface area (TPSA) is 12.0 Å². The standard InChI is InChI=1S/C9H16NS/c1-2-4-8(3-1)9-7-10-5-6-11-9/h9-10H,1-7H2. The van der Waals surface area contributed by atoms with Gasteiger partial charge in [0.25, 0.3) is 0 Å². The fourth-order valence-corrected chi connectivity index (χ4v) is 3.23. The lowest BCUT2D eigenvalue weighted by Crippen LogP contribution is -2.35. The Morgan fingerprint density at radius 1 is 1.27 bits per heavy atom. The molecule has 1 aliphatic carbocycles. The molecule has 1 N–H and O–H groups in total. The Morgan fingerprint density at radius 2 is 2.09 bits per heavy atom. The highest BCUT2D eigenvalue weighted by Gasteiger charge is 2.26. The lowest BCUT2D eigenvalue weighted by Gasteiger charge is -2.26. The van der Waals surface area contributed by atoms with Crippen LogP contribution in [0.3, 0.4) is 0 Å². The maximum absolute atomic E-state index is 3.47. The highest BCUT2D eigenvalue weighted by atomic mass is 32.2. The first kappa shape index (κ1) is 7.93. The summed E-state index contributed by atoms with van der Waals surface area (Å²) < 4.78 is 0. The molecule has 1 unspecified atom stereocenters. The predicted octanol–water partition coefficient (Wildman–Crippen LogP) is 1.84. The maximum atomic E-state index is 3.47. The summed E-state index contributed by atoms with van der Waals surface area (Å²) >= 11 is 2.16. The molecule has 63 valence electrons. The van der Waals surface area contributed by atoms with Crippen molar-refractivity contribution >= 4 is 11.8 Å². The zero-order chi connectivity index (χ0) is 7.52. The van der Waals surface area contributed by atoms with Crippen molar-refractivity contribution in [2.75, 3.05) is 18.8 Å². The van der Waals surface area contributed by atoms with Gasteiger partial charge in [0.15, 0.2) is 0 Å². The van der Waals surface area contributed by atoms with E-state index in [9.17, 15) is 0 Å². The summed E-state index contributed by atoms with van der Waals surface area (Å²) in [7, 11) is 0. The molecular formula is C9H16NS. The van der Waals surface area contributed by atoms with Gasteiger partial charge < -0.3 is 5.32 Å². The first-order chi connectivity index (χ1) is 5.47. The summed E-state index contributed by atoms with van der Waals surface area (Å²) in [6.07, 6.45) is 5.73. The van der Waals surface area contributed by atoms with E-state index in [0.717, 1.165) is 5.25 Å². The van der Waals surface area contributed by atoms with Crippen LogP contribution in [0.4, 0.5) is 0 Å². The van der Waals surface area contributed by atoms with Gasteiger partial charge in [-0.25, -0.2) is 0 Å². The Balaban J connectivity index is 1.82. The van der Waals surface area contributed by atoms with Crippen LogP contribution < -0.4 is 5.32 Å². The van der Waals surface area contributed by atoms with Crippen molar-refractivity contribution in [3.8, 4) is 0 Å². The van der Waals surface area contributed by atoms with Gasteiger partial charge in [0, 0.05) is 24.1 Å². The summed E-state index contributed by atoms with van der Waals surface area (Å²) in [6.45, 7) is 2.45. The molecule has 0 aromatic carbocycles. The number of rotatable bonds is 1. The van der Waals surface area contributed by atoms with Gasteiger partial charge in [-0.15, -0.1) is 0 Å². The number of thioether (sulfide) groups is 1. The van der Waals surface area contributed by atoms with E-state index in [2.05, 4.69) is 17.1 Å². The van der Waals surface area contributed by atoms with Crippen LogP contribution in [0.15, 0.2) is 0 Å². The van der Waals surface area contributed by atoms with E-state index in [1.54, 1.807) is 0 Å². The molecule has 1 radical (unpaired) electrons. The van der Waals surface area contributed by atoms with Crippen LogP contribution in [-0.4, -0.2) is 24.1 Å². The molecule has 0 bridgehead atoms. The van der Waals surface area contributed by atoms with Crippen LogP contribution in [0, 0.1) is 5.92 Å². The van der Waals surface area contributed by atoms with Gasteiger partial charge in [-0.1, -0.05) is 12.8 Å². The van der Waals surface area contributed by atoms with E-state index in [1.807, 2.05) is 5.92 Å². The van der Waals surface area contributed by atoms with E-state index >= 15 is 0 Å². The van der Waals surface area contributed by atoms with Gasteiger partial charge in [-0.3, -0.25) is 0 Å². The van der Waals surface area contributed by atoms with Gasteiger partial charge in [-0.2, -0.15) is 11.8 Å². The van der Waals surface area contributed by atoms with Gasteiger partial charge >= 0.3 is 0 Å². The average Bonchev–Trinajstić information content (AvgIpc) is 2.58. The Kier molecular flexibility index (Phi) is 2.75. The smallest absolute Gasteiger partial charge is 0.0235 e. The van der Waals surface area contributed by atoms with Gasteiger partial charge in [-0.05, 0) is 18.8 Å². The van der Waals surface area contributed by atoms with Crippen LogP contribution >= 0.6 is 11.8 Å². The molecule has 1 saturated heterocycles. The second-order valence-corrected chi connectivity index (χ2v) is 4.74. The summed E-state index contributed by atoms with van der Waals surface area (Å²) in [4.78, 5) is 0. The molecular weight excluding hydrogens is 154 g/mol. The lowest BCUT2D eigenvalue weighted by atomic mass is 10.0. The fraction of sp³-hybridized carbons (Fsp3) is 0.889. The molecule has 1 heterocycles. The lowest BCUT2D eigenvalue weighted by molar-refractivity contribution is 0.652. The molecule has 0 aromatic heterocycles. The summed E-state index contributed by atoms with van der Waals surface area (Å²) in [5.41, 5.74) is 0. The van der Waals surface area contributed by atoms with Crippen LogP contribution in [-0.2, 0) is 0 Å². The maximum Gasteiger partial charge on any atom is 0.0235 e. The van der Waals surface area contributed by atoms with E-state index < -0.39 is 0 Å². The molecule has 2 aliphatic rings. The van der Waals surface area contributed by atoms with Crippen LogP contribution in [0.5, 0.6) is 0 Å². The van der Waals surface area contributed by atoms with E-state index in [-0.39, 0.29) is 0 Å². The van der Waals surface area contributed by atoms with Crippen LogP contribution in [0.25, 0.3) is 0 Å². The van der Waals surface area contributed by atoms with E-state index in [0.29, 0.717) is 0 Å². The molecule has 11 heavy (non-hydrogen) atoms. The Morgan fingerprint density at radius 3 is 2.73 bits per heavy atom. The third kappa shape index (κ3) is 1.91. The molecule has 2 fully saturated rings. The Labute approximate surface area is 73.3 Å². The molecule has 0 spiro atoms. The van der Waals surface area contributed by atoms with Crippen molar-refractivity contribution in [1.82, 2.24) is 5.32 Å². The SMILES string of the molecule is C1CC[C](C2CNCCS2)C1. The zero-order valence-corrected chi connectivity index (χ0v) is 7.75. The van der Waals surface area contributed by atoms with Crippen LogP contribution in [0.1, 0.15) is 25.7 Å².